The van der Waals surface area contributed by atoms with Crippen molar-refractivity contribution >= 4 is 16.8 Å². The lowest BCUT2D eigenvalue weighted by Gasteiger charge is -2.07. The maximum Gasteiger partial charge on any atom is 0.219 e. The number of rotatable bonds is 6. The molecule has 4 heteroatoms. The first-order valence-corrected chi connectivity index (χ1v) is 6.82. The molecule has 0 unspecified atom stereocenters. The summed E-state index contributed by atoms with van der Waals surface area (Å²) < 4.78 is 2.10. The van der Waals surface area contributed by atoms with Crippen molar-refractivity contribution in [1.29, 1.82) is 0 Å². The number of benzene rings is 1. The van der Waals surface area contributed by atoms with Crippen LogP contribution >= 0.6 is 0 Å². The Balaban J connectivity index is 1.81. The van der Waals surface area contributed by atoms with Crippen molar-refractivity contribution in [1.82, 2.24) is 9.88 Å². The summed E-state index contributed by atoms with van der Waals surface area (Å²) in [7, 11) is 0. The molecule has 4 nitrogen and oxygen atoms in total. The third-order valence-corrected chi connectivity index (χ3v) is 3.66. The summed E-state index contributed by atoms with van der Waals surface area (Å²) in [5.41, 5.74) is 7.71. The first-order chi connectivity index (χ1) is 9.24. The van der Waals surface area contributed by atoms with Crippen LogP contribution in [0.3, 0.4) is 0 Å². The van der Waals surface area contributed by atoms with E-state index in [9.17, 15) is 4.79 Å². The number of carbonyl (C=O) groups is 1. The molecule has 1 aliphatic carbocycles. The quantitative estimate of drug-likeness (QED) is 0.828. The molecule has 1 amide bonds. The Hall–Kier alpha value is -1.81. The number of aromatic nitrogens is 1. The molecule has 2 aromatic rings. The van der Waals surface area contributed by atoms with E-state index in [1.807, 2.05) is 6.20 Å². The third kappa shape index (κ3) is 2.79. The Labute approximate surface area is 112 Å². The van der Waals surface area contributed by atoms with Gasteiger partial charge in [-0.3, -0.25) is 4.79 Å². The van der Waals surface area contributed by atoms with E-state index in [2.05, 4.69) is 34.1 Å². The normalized spacial score (nSPS) is 14.9. The zero-order chi connectivity index (χ0) is 13.2. The van der Waals surface area contributed by atoms with Crippen molar-refractivity contribution in [3.8, 4) is 0 Å². The number of primary amides is 1. The van der Waals surface area contributed by atoms with E-state index in [-0.39, 0.29) is 5.91 Å². The SMILES string of the molecule is NC(=O)CCn1ccc2c(CNC3CC3)cccc21. The van der Waals surface area contributed by atoms with Crippen LogP contribution in [-0.4, -0.2) is 16.5 Å². The third-order valence-electron chi connectivity index (χ3n) is 3.66. The van der Waals surface area contributed by atoms with Crippen LogP contribution in [0.2, 0.25) is 0 Å². The molecule has 1 saturated carbocycles. The van der Waals surface area contributed by atoms with Crippen LogP contribution in [0.25, 0.3) is 10.9 Å². The molecule has 0 radical (unpaired) electrons. The molecule has 0 atom stereocenters. The Kier molecular flexibility index (Phi) is 3.25. The fourth-order valence-corrected chi connectivity index (χ4v) is 2.41. The summed E-state index contributed by atoms with van der Waals surface area (Å²) in [5.74, 6) is -0.256. The Bertz CT molecular complexity index is 598. The smallest absolute Gasteiger partial charge is 0.219 e. The predicted molar refractivity (Wildman–Crippen MR) is 75.6 cm³/mol. The van der Waals surface area contributed by atoms with Crippen LogP contribution in [-0.2, 0) is 17.9 Å². The highest BCUT2D eigenvalue weighted by atomic mass is 16.1. The van der Waals surface area contributed by atoms with Crippen molar-refractivity contribution in [2.45, 2.75) is 38.4 Å². The van der Waals surface area contributed by atoms with Gasteiger partial charge in [0.15, 0.2) is 0 Å². The molecule has 19 heavy (non-hydrogen) atoms. The van der Waals surface area contributed by atoms with Gasteiger partial charge in [-0.1, -0.05) is 12.1 Å². The molecule has 1 fully saturated rings. The summed E-state index contributed by atoms with van der Waals surface area (Å²) in [5, 5.41) is 4.81. The van der Waals surface area contributed by atoms with E-state index in [4.69, 9.17) is 5.73 Å². The number of fused-ring (bicyclic) bond motifs is 1. The van der Waals surface area contributed by atoms with Gasteiger partial charge in [-0.25, -0.2) is 0 Å². The van der Waals surface area contributed by atoms with E-state index in [1.54, 1.807) is 0 Å². The molecular formula is C15H19N3O. The van der Waals surface area contributed by atoms with Gasteiger partial charge in [0, 0.05) is 42.7 Å². The highest BCUT2D eigenvalue weighted by Gasteiger charge is 2.20. The topological polar surface area (TPSA) is 60.1 Å². The number of nitrogens with one attached hydrogen (secondary N) is 1. The molecule has 0 bridgehead atoms. The summed E-state index contributed by atoms with van der Waals surface area (Å²) in [6, 6.07) is 9.17. The molecule has 1 heterocycles. The number of carbonyl (C=O) groups excluding carboxylic acids is 1. The minimum Gasteiger partial charge on any atom is -0.370 e. The van der Waals surface area contributed by atoms with Gasteiger partial charge >= 0.3 is 0 Å². The van der Waals surface area contributed by atoms with Gasteiger partial charge < -0.3 is 15.6 Å². The second-order valence-electron chi connectivity index (χ2n) is 5.23. The number of hydrogen-bond acceptors (Lipinski definition) is 2. The van der Waals surface area contributed by atoms with E-state index in [0.717, 1.165) is 6.54 Å². The summed E-state index contributed by atoms with van der Waals surface area (Å²) in [6.45, 7) is 1.57. The van der Waals surface area contributed by atoms with Crippen LogP contribution in [0.1, 0.15) is 24.8 Å². The summed E-state index contributed by atoms with van der Waals surface area (Å²) in [4.78, 5) is 10.9. The lowest BCUT2D eigenvalue weighted by molar-refractivity contribution is -0.118. The van der Waals surface area contributed by atoms with Gasteiger partial charge in [-0.15, -0.1) is 0 Å². The van der Waals surface area contributed by atoms with Gasteiger partial charge in [-0.05, 0) is 30.5 Å². The fraction of sp³-hybridized carbons (Fsp3) is 0.400. The number of nitrogens with two attached hydrogens (primary N) is 1. The molecule has 1 aliphatic rings. The summed E-state index contributed by atoms with van der Waals surface area (Å²) >= 11 is 0. The zero-order valence-electron chi connectivity index (χ0n) is 10.9. The van der Waals surface area contributed by atoms with Crippen molar-refractivity contribution in [2.24, 2.45) is 5.73 Å². The molecular weight excluding hydrogens is 238 g/mol. The van der Waals surface area contributed by atoms with Crippen molar-refractivity contribution < 1.29 is 4.79 Å². The highest BCUT2D eigenvalue weighted by molar-refractivity contribution is 5.84. The van der Waals surface area contributed by atoms with Gasteiger partial charge in [0.1, 0.15) is 0 Å². The van der Waals surface area contributed by atoms with E-state index in [1.165, 1.54) is 29.3 Å². The van der Waals surface area contributed by atoms with Crippen LogP contribution < -0.4 is 11.1 Å². The van der Waals surface area contributed by atoms with E-state index >= 15 is 0 Å². The molecule has 0 saturated heterocycles. The molecule has 100 valence electrons. The maximum atomic E-state index is 10.9. The Morgan fingerprint density at radius 1 is 1.37 bits per heavy atom. The molecule has 0 spiro atoms. The predicted octanol–water partition coefficient (Wildman–Crippen LogP) is 1.77. The standard InChI is InChI=1S/C15H19N3O/c16-15(19)7-9-18-8-6-13-11(2-1-3-14(13)18)10-17-12-4-5-12/h1-3,6,8,12,17H,4-5,7,9-10H2,(H2,16,19). The Morgan fingerprint density at radius 2 is 2.21 bits per heavy atom. The summed E-state index contributed by atoms with van der Waals surface area (Å²) in [6.07, 6.45) is 5.02. The van der Waals surface area contributed by atoms with Gasteiger partial charge in [0.05, 0.1) is 0 Å². The van der Waals surface area contributed by atoms with Gasteiger partial charge in [-0.2, -0.15) is 0 Å². The lowest BCUT2D eigenvalue weighted by Crippen LogP contribution is -2.15. The Morgan fingerprint density at radius 3 is 2.95 bits per heavy atom. The van der Waals surface area contributed by atoms with Crippen LogP contribution in [0.5, 0.6) is 0 Å². The van der Waals surface area contributed by atoms with E-state index < -0.39 is 0 Å². The van der Waals surface area contributed by atoms with Crippen LogP contribution in [0.4, 0.5) is 0 Å². The average Bonchev–Trinajstić information content (AvgIpc) is 3.13. The average molecular weight is 257 g/mol. The first-order valence-electron chi connectivity index (χ1n) is 6.82. The fourth-order valence-electron chi connectivity index (χ4n) is 2.41. The largest absolute Gasteiger partial charge is 0.370 e. The minimum absolute atomic E-state index is 0.256. The molecule has 0 aliphatic heterocycles. The second-order valence-corrected chi connectivity index (χ2v) is 5.23. The molecule has 3 N–H and O–H groups in total. The first kappa shape index (κ1) is 12.2. The zero-order valence-corrected chi connectivity index (χ0v) is 10.9. The van der Waals surface area contributed by atoms with Crippen molar-refractivity contribution in [3.63, 3.8) is 0 Å². The number of nitrogens with zero attached hydrogens (tertiary/aromatic N) is 1. The van der Waals surface area contributed by atoms with Gasteiger partial charge in [0.2, 0.25) is 5.91 Å². The number of amides is 1. The van der Waals surface area contributed by atoms with Crippen molar-refractivity contribution in [3.05, 3.63) is 36.0 Å². The van der Waals surface area contributed by atoms with Gasteiger partial charge in [0.25, 0.3) is 0 Å². The van der Waals surface area contributed by atoms with Crippen LogP contribution in [0.15, 0.2) is 30.5 Å². The molecule has 1 aromatic carbocycles. The lowest BCUT2D eigenvalue weighted by atomic mass is 10.1. The van der Waals surface area contributed by atoms with E-state index in [0.29, 0.717) is 19.0 Å². The number of hydrogen-bond donors (Lipinski definition) is 2. The second kappa shape index (κ2) is 5.05. The molecule has 3 rings (SSSR count). The molecule has 1 aromatic heterocycles. The number of aryl methyl sites for hydroxylation is 1. The van der Waals surface area contributed by atoms with Crippen LogP contribution in [0, 0.1) is 0 Å². The minimum atomic E-state index is -0.256. The highest BCUT2D eigenvalue weighted by Crippen LogP contribution is 2.23. The maximum absolute atomic E-state index is 10.9. The van der Waals surface area contributed by atoms with Crippen molar-refractivity contribution in [2.75, 3.05) is 0 Å². The monoisotopic (exact) mass is 257 g/mol.